The molecule has 2 aromatic heterocycles. The van der Waals surface area contributed by atoms with Crippen molar-refractivity contribution < 1.29 is 14.0 Å². The molecule has 7 nitrogen and oxygen atoms in total. The van der Waals surface area contributed by atoms with Crippen LogP contribution < -0.4 is 5.32 Å². The maximum atomic E-state index is 14.9. The van der Waals surface area contributed by atoms with Crippen LogP contribution in [0, 0.1) is 12.7 Å². The Kier molecular flexibility index (Phi) is 6.26. The Morgan fingerprint density at radius 3 is 2.71 bits per heavy atom. The van der Waals surface area contributed by atoms with Crippen LogP contribution in [0.15, 0.2) is 84.5 Å². The van der Waals surface area contributed by atoms with Crippen molar-refractivity contribution in [1.29, 1.82) is 0 Å². The van der Waals surface area contributed by atoms with Gasteiger partial charge >= 0.3 is 0 Å². The molecule has 4 aromatic rings. The monoisotopic (exact) mass is 467 g/mol. The number of pyridine rings is 1. The van der Waals surface area contributed by atoms with Crippen molar-refractivity contribution in [3.8, 4) is 11.1 Å². The van der Waals surface area contributed by atoms with Crippen molar-refractivity contribution >= 4 is 11.6 Å². The molecule has 3 heterocycles. The zero-order valence-corrected chi connectivity index (χ0v) is 19.0. The lowest BCUT2D eigenvalue weighted by atomic mass is 9.94. The first kappa shape index (κ1) is 22.3. The predicted molar refractivity (Wildman–Crippen MR) is 129 cm³/mol. The molecule has 1 atom stereocenters. The fourth-order valence-electron chi connectivity index (χ4n) is 3.90. The quantitative estimate of drug-likeness (QED) is 0.441. The summed E-state index contributed by atoms with van der Waals surface area (Å²) in [5.41, 5.74) is 4.93. The van der Waals surface area contributed by atoms with Crippen molar-refractivity contribution in [2.24, 2.45) is 5.16 Å². The second-order valence-electron chi connectivity index (χ2n) is 8.25. The van der Waals surface area contributed by atoms with Gasteiger partial charge in [0.15, 0.2) is 6.10 Å². The lowest BCUT2D eigenvalue weighted by Crippen LogP contribution is -2.23. The van der Waals surface area contributed by atoms with E-state index in [1.165, 1.54) is 6.07 Å². The molecule has 0 saturated carbocycles. The molecular formula is C27H22FN5O2. The average molecular weight is 468 g/mol. The summed E-state index contributed by atoms with van der Waals surface area (Å²) in [6, 6.07) is 15.9. The molecule has 0 bridgehead atoms. The molecule has 5 rings (SSSR count). The maximum Gasteiger partial charge on any atom is 0.251 e. The summed E-state index contributed by atoms with van der Waals surface area (Å²) in [5.74, 6) is -0.670. The van der Waals surface area contributed by atoms with Crippen LogP contribution in [-0.4, -0.2) is 26.6 Å². The molecule has 0 spiro atoms. The maximum absolute atomic E-state index is 14.9. The largest absolute Gasteiger partial charge is 0.385 e. The van der Waals surface area contributed by atoms with Crippen LogP contribution in [-0.2, 0) is 11.4 Å². The Morgan fingerprint density at radius 2 is 1.94 bits per heavy atom. The van der Waals surface area contributed by atoms with Gasteiger partial charge in [-0.2, -0.15) is 0 Å². The standard InChI is InChI=1S/C27H22FN5O2/c1-17-5-6-22(23(28)10-17)18-11-19(25-14-26(35-33-25)24-4-2-3-7-31-24)13-20(12-18)27(34)32-16-21-15-29-8-9-30-21/h2-13,15,26H,14,16H2,1H3,(H,32,34). The van der Waals surface area contributed by atoms with Crippen LogP contribution in [0.2, 0.25) is 0 Å². The number of nitrogens with one attached hydrogen (secondary N) is 1. The summed E-state index contributed by atoms with van der Waals surface area (Å²) in [6.07, 6.45) is 6.59. The highest BCUT2D eigenvalue weighted by atomic mass is 19.1. The lowest BCUT2D eigenvalue weighted by Gasteiger charge is -2.12. The number of hydrogen-bond acceptors (Lipinski definition) is 6. The highest BCUT2D eigenvalue weighted by Gasteiger charge is 2.26. The van der Waals surface area contributed by atoms with Gasteiger partial charge in [0, 0.05) is 41.7 Å². The van der Waals surface area contributed by atoms with Gasteiger partial charge < -0.3 is 10.2 Å². The van der Waals surface area contributed by atoms with E-state index in [0.29, 0.717) is 40.1 Å². The summed E-state index contributed by atoms with van der Waals surface area (Å²) < 4.78 is 14.9. The summed E-state index contributed by atoms with van der Waals surface area (Å²) in [6.45, 7) is 2.05. The zero-order valence-electron chi connectivity index (χ0n) is 19.0. The molecule has 1 unspecified atom stereocenters. The number of carbonyl (C=O) groups is 1. The topological polar surface area (TPSA) is 89.4 Å². The van der Waals surface area contributed by atoms with Gasteiger partial charge in [-0.3, -0.25) is 19.7 Å². The van der Waals surface area contributed by atoms with E-state index in [2.05, 4.69) is 25.4 Å². The Morgan fingerprint density at radius 1 is 1.06 bits per heavy atom. The molecule has 0 radical (unpaired) electrons. The molecule has 1 amide bonds. The minimum atomic E-state index is -0.357. The molecule has 1 aliphatic heterocycles. The van der Waals surface area contributed by atoms with Gasteiger partial charge in [0.05, 0.1) is 29.8 Å². The summed E-state index contributed by atoms with van der Waals surface area (Å²) in [4.78, 5) is 31.2. The smallest absolute Gasteiger partial charge is 0.251 e. The molecule has 0 fully saturated rings. The van der Waals surface area contributed by atoms with Crippen LogP contribution >= 0.6 is 0 Å². The van der Waals surface area contributed by atoms with Crippen molar-refractivity contribution in [1.82, 2.24) is 20.3 Å². The number of carbonyl (C=O) groups excluding carboxylic acids is 1. The molecule has 174 valence electrons. The molecule has 8 heteroatoms. The van der Waals surface area contributed by atoms with E-state index >= 15 is 0 Å². The fourth-order valence-corrected chi connectivity index (χ4v) is 3.90. The Hall–Kier alpha value is -4.46. The highest BCUT2D eigenvalue weighted by Crippen LogP contribution is 2.31. The van der Waals surface area contributed by atoms with E-state index in [9.17, 15) is 9.18 Å². The van der Waals surface area contributed by atoms with Gasteiger partial charge in [-0.05, 0) is 54.4 Å². The van der Waals surface area contributed by atoms with Crippen molar-refractivity contribution in [2.75, 3.05) is 0 Å². The third kappa shape index (κ3) is 5.06. The zero-order chi connectivity index (χ0) is 24.2. The predicted octanol–water partition coefficient (Wildman–Crippen LogP) is 4.78. The number of benzene rings is 2. The summed E-state index contributed by atoms with van der Waals surface area (Å²) in [5, 5.41) is 7.12. The van der Waals surface area contributed by atoms with Gasteiger partial charge in [-0.1, -0.05) is 23.4 Å². The van der Waals surface area contributed by atoms with E-state index < -0.39 is 0 Å². The van der Waals surface area contributed by atoms with E-state index in [1.54, 1.807) is 43.0 Å². The Balaban J connectivity index is 1.47. The van der Waals surface area contributed by atoms with Crippen LogP contribution in [0.4, 0.5) is 4.39 Å². The summed E-state index contributed by atoms with van der Waals surface area (Å²) >= 11 is 0. The molecule has 0 saturated heterocycles. The van der Waals surface area contributed by atoms with Crippen LogP contribution in [0.1, 0.15) is 45.4 Å². The Labute approximate surface area is 201 Å². The number of oxime groups is 1. The Bertz CT molecular complexity index is 1390. The first-order valence-corrected chi connectivity index (χ1v) is 11.2. The number of rotatable bonds is 6. The lowest BCUT2D eigenvalue weighted by molar-refractivity contribution is 0.0826. The molecule has 2 aromatic carbocycles. The molecule has 1 aliphatic rings. The number of hydrogen-bond donors (Lipinski definition) is 1. The normalized spacial score (nSPS) is 14.8. The van der Waals surface area contributed by atoms with Gasteiger partial charge in [0.1, 0.15) is 5.82 Å². The SMILES string of the molecule is Cc1ccc(-c2cc(C(=O)NCc3cnccn3)cc(C3=NOC(c4ccccn4)C3)c2)c(F)c1. The van der Waals surface area contributed by atoms with E-state index in [-0.39, 0.29) is 24.4 Å². The third-order valence-electron chi connectivity index (χ3n) is 5.70. The summed E-state index contributed by atoms with van der Waals surface area (Å²) in [7, 11) is 0. The number of amides is 1. The number of halogens is 1. The first-order valence-electron chi connectivity index (χ1n) is 11.2. The number of nitrogens with zero attached hydrogens (tertiary/aromatic N) is 4. The van der Waals surface area contributed by atoms with Crippen molar-refractivity contribution in [3.63, 3.8) is 0 Å². The van der Waals surface area contributed by atoms with Crippen LogP contribution in [0.5, 0.6) is 0 Å². The second-order valence-corrected chi connectivity index (χ2v) is 8.25. The van der Waals surface area contributed by atoms with E-state index in [4.69, 9.17) is 4.84 Å². The van der Waals surface area contributed by atoms with Crippen molar-refractivity contribution in [3.05, 3.63) is 113 Å². The molecule has 1 N–H and O–H groups in total. The van der Waals surface area contributed by atoms with Crippen molar-refractivity contribution in [2.45, 2.75) is 26.0 Å². The van der Waals surface area contributed by atoms with Gasteiger partial charge in [-0.25, -0.2) is 4.39 Å². The van der Waals surface area contributed by atoms with E-state index in [0.717, 1.165) is 11.3 Å². The fraction of sp³-hybridized carbons (Fsp3) is 0.148. The molecule has 35 heavy (non-hydrogen) atoms. The number of aromatic nitrogens is 3. The minimum absolute atomic E-state index is 0.219. The highest BCUT2D eigenvalue weighted by molar-refractivity contribution is 6.05. The first-order chi connectivity index (χ1) is 17.1. The second kappa shape index (κ2) is 9.80. The average Bonchev–Trinajstić information content (AvgIpc) is 3.39. The molecule has 0 aliphatic carbocycles. The third-order valence-corrected chi connectivity index (χ3v) is 5.70. The minimum Gasteiger partial charge on any atom is -0.385 e. The van der Waals surface area contributed by atoms with Gasteiger partial charge in [0.2, 0.25) is 0 Å². The number of aryl methyl sites for hydroxylation is 1. The van der Waals surface area contributed by atoms with Gasteiger partial charge in [0.25, 0.3) is 5.91 Å². The molecular weight excluding hydrogens is 445 g/mol. The van der Waals surface area contributed by atoms with E-state index in [1.807, 2.05) is 37.3 Å². The van der Waals surface area contributed by atoms with Crippen LogP contribution in [0.25, 0.3) is 11.1 Å². The van der Waals surface area contributed by atoms with Gasteiger partial charge in [-0.15, -0.1) is 0 Å². The van der Waals surface area contributed by atoms with Crippen LogP contribution in [0.3, 0.4) is 0 Å².